The summed E-state index contributed by atoms with van der Waals surface area (Å²) in [5, 5.41) is 3.57. The summed E-state index contributed by atoms with van der Waals surface area (Å²) in [6.45, 7) is 6.26. The Balaban J connectivity index is 1.72. The lowest BCUT2D eigenvalue weighted by molar-refractivity contribution is -0.140. The van der Waals surface area contributed by atoms with Crippen molar-refractivity contribution >= 4 is 23.4 Å². The van der Waals surface area contributed by atoms with E-state index in [0.717, 1.165) is 17.5 Å². The van der Waals surface area contributed by atoms with Crippen molar-refractivity contribution in [1.29, 1.82) is 0 Å². The topological polar surface area (TPSA) is 67.9 Å². The number of hydrogen-bond acceptors (Lipinski definition) is 4. The second-order valence-electron chi connectivity index (χ2n) is 7.83. The molecule has 3 rings (SSSR count). The minimum absolute atomic E-state index is 0.0479. The third-order valence-electron chi connectivity index (χ3n) is 5.47. The summed E-state index contributed by atoms with van der Waals surface area (Å²) in [6.07, 6.45) is 1.65. The first-order chi connectivity index (χ1) is 14.9. The van der Waals surface area contributed by atoms with Crippen molar-refractivity contribution < 1.29 is 19.1 Å². The molecule has 1 aliphatic heterocycles. The van der Waals surface area contributed by atoms with Crippen molar-refractivity contribution in [2.45, 2.75) is 58.7 Å². The lowest BCUT2D eigenvalue weighted by Gasteiger charge is -2.30. The number of aryl methyl sites for hydroxylation is 1. The third-order valence-corrected chi connectivity index (χ3v) is 5.71. The monoisotopic (exact) mass is 444 g/mol. The zero-order valence-corrected chi connectivity index (χ0v) is 18.9. The van der Waals surface area contributed by atoms with E-state index < -0.39 is 6.04 Å². The number of amides is 2. The first-order valence-electron chi connectivity index (χ1n) is 10.6. The summed E-state index contributed by atoms with van der Waals surface area (Å²) < 4.78 is 10.8. The molecule has 0 radical (unpaired) electrons. The largest absolute Gasteiger partial charge is 0.454 e. The first kappa shape index (κ1) is 22.9. The molecule has 1 aliphatic rings. The van der Waals surface area contributed by atoms with Crippen LogP contribution in [0.15, 0.2) is 42.5 Å². The van der Waals surface area contributed by atoms with Crippen LogP contribution in [-0.2, 0) is 22.6 Å². The highest BCUT2D eigenvalue weighted by atomic mass is 35.5. The first-order valence-corrected chi connectivity index (χ1v) is 11.0. The fourth-order valence-electron chi connectivity index (χ4n) is 3.37. The van der Waals surface area contributed by atoms with Crippen LogP contribution >= 0.6 is 11.6 Å². The summed E-state index contributed by atoms with van der Waals surface area (Å²) >= 11 is 6.12. The standard InChI is InChI=1S/C24H29ClN2O4/c1-4-16(2)26-24(29)17(3)27(14-19-6-5-7-20(25)12-19)23(28)11-9-18-8-10-21-22(13-18)31-15-30-21/h5-8,10,12-13,16-17H,4,9,11,14-15H2,1-3H3,(H,26,29). The van der Waals surface area contributed by atoms with Gasteiger partial charge in [-0.15, -0.1) is 0 Å². The predicted octanol–water partition coefficient (Wildman–Crippen LogP) is 4.33. The van der Waals surface area contributed by atoms with Crippen molar-refractivity contribution in [3.8, 4) is 11.5 Å². The van der Waals surface area contributed by atoms with Crippen LogP contribution in [0.4, 0.5) is 0 Å². The highest BCUT2D eigenvalue weighted by molar-refractivity contribution is 6.30. The fourth-order valence-corrected chi connectivity index (χ4v) is 3.58. The van der Waals surface area contributed by atoms with E-state index in [9.17, 15) is 9.59 Å². The summed E-state index contributed by atoms with van der Waals surface area (Å²) in [5.74, 6) is 1.16. The van der Waals surface area contributed by atoms with Gasteiger partial charge in [0, 0.05) is 24.0 Å². The molecule has 0 aromatic heterocycles. The zero-order chi connectivity index (χ0) is 22.4. The quantitative estimate of drug-likeness (QED) is 0.625. The van der Waals surface area contributed by atoms with E-state index in [1.807, 2.05) is 50.2 Å². The maximum absolute atomic E-state index is 13.2. The maximum Gasteiger partial charge on any atom is 0.242 e. The van der Waals surface area contributed by atoms with Crippen molar-refractivity contribution in [1.82, 2.24) is 10.2 Å². The van der Waals surface area contributed by atoms with Crippen molar-refractivity contribution in [2.75, 3.05) is 6.79 Å². The van der Waals surface area contributed by atoms with Crippen molar-refractivity contribution in [3.63, 3.8) is 0 Å². The number of nitrogens with one attached hydrogen (secondary N) is 1. The van der Waals surface area contributed by atoms with Crippen LogP contribution in [0.1, 0.15) is 44.7 Å². The van der Waals surface area contributed by atoms with Crippen LogP contribution < -0.4 is 14.8 Å². The molecule has 2 unspecified atom stereocenters. The zero-order valence-electron chi connectivity index (χ0n) is 18.2. The Morgan fingerprint density at radius 3 is 2.61 bits per heavy atom. The van der Waals surface area contributed by atoms with E-state index in [0.29, 0.717) is 29.5 Å². The lowest BCUT2D eigenvalue weighted by atomic mass is 10.1. The molecule has 0 saturated carbocycles. The Morgan fingerprint density at radius 1 is 1.10 bits per heavy atom. The van der Waals surface area contributed by atoms with Gasteiger partial charge < -0.3 is 19.7 Å². The van der Waals surface area contributed by atoms with Gasteiger partial charge in [-0.2, -0.15) is 0 Å². The van der Waals surface area contributed by atoms with E-state index in [1.165, 1.54) is 0 Å². The Hall–Kier alpha value is -2.73. The van der Waals surface area contributed by atoms with Crippen LogP contribution in [0.2, 0.25) is 5.02 Å². The number of rotatable bonds is 9. The van der Waals surface area contributed by atoms with Gasteiger partial charge in [0.1, 0.15) is 6.04 Å². The number of ether oxygens (including phenoxy) is 2. The molecule has 166 valence electrons. The molecular formula is C24H29ClN2O4. The Labute approximate surface area is 188 Å². The molecule has 2 atom stereocenters. The smallest absolute Gasteiger partial charge is 0.242 e. The number of carbonyl (C=O) groups excluding carboxylic acids is 2. The molecule has 0 fully saturated rings. The second-order valence-corrected chi connectivity index (χ2v) is 8.27. The second kappa shape index (κ2) is 10.5. The maximum atomic E-state index is 13.2. The SMILES string of the molecule is CCC(C)NC(=O)C(C)N(Cc1cccc(Cl)c1)C(=O)CCc1ccc2c(c1)OCO2. The summed E-state index contributed by atoms with van der Waals surface area (Å²) in [7, 11) is 0. The van der Waals surface area contributed by atoms with Gasteiger partial charge in [0.15, 0.2) is 11.5 Å². The van der Waals surface area contributed by atoms with Crippen LogP contribution in [0.25, 0.3) is 0 Å². The Morgan fingerprint density at radius 2 is 1.87 bits per heavy atom. The third kappa shape index (κ3) is 6.14. The van der Waals surface area contributed by atoms with E-state index in [4.69, 9.17) is 21.1 Å². The molecule has 0 bridgehead atoms. The summed E-state index contributed by atoms with van der Waals surface area (Å²) in [4.78, 5) is 27.6. The minimum Gasteiger partial charge on any atom is -0.454 e. The summed E-state index contributed by atoms with van der Waals surface area (Å²) in [5.41, 5.74) is 1.86. The van der Waals surface area contributed by atoms with Crippen LogP contribution in [0.3, 0.4) is 0 Å². The number of benzene rings is 2. The molecule has 1 heterocycles. The summed E-state index contributed by atoms with van der Waals surface area (Å²) in [6, 6.07) is 12.5. The predicted molar refractivity (Wildman–Crippen MR) is 120 cm³/mol. The van der Waals surface area contributed by atoms with Gasteiger partial charge in [0.2, 0.25) is 18.6 Å². The minimum atomic E-state index is -0.600. The highest BCUT2D eigenvalue weighted by Gasteiger charge is 2.26. The number of carbonyl (C=O) groups is 2. The van der Waals surface area contributed by atoms with E-state index in [1.54, 1.807) is 17.9 Å². The van der Waals surface area contributed by atoms with Gasteiger partial charge >= 0.3 is 0 Å². The molecule has 0 spiro atoms. The van der Waals surface area contributed by atoms with Crippen molar-refractivity contribution in [3.05, 3.63) is 58.6 Å². The molecule has 31 heavy (non-hydrogen) atoms. The van der Waals surface area contributed by atoms with E-state index in [-0.39, 0.29) is 31.1 Å². The highest BCUT2D eigenvalue weighted by Crippen LogP contribution is 2.32. The average molecular weight is 445 g/mol. The van der Waals surface area contributed by atoms with Gasteiger partial charge in [-0.25, -0.2) is 0 Å². The lowest BCUT2D eigenvalue weighted by Crippen LogP contribution is -2.49. The van der Waals surface area contributed by atoms with Crippen LogP contribution in [0, 0.1) is 0 Å². The van der Waals surface area contributed by atoms with Gasteiger partial charge in [-0.05, 0) is 62.1 Å². The molecule has 1 N–H and O–H groups in total. The van der Waals surface area contributed by atoms with Gasteiger partial charge in [-0.3, -0.25) is 9.59 Å². The molecule has 2 aromatic rings. The molecule has 0 aliphatic carbocycles. The Bertz CT molecular complexity index is 934. The molecule has 2 aromatic carbocycles. The molecule has 0 saturated heterocycles. The van der Waals surface area contributed by atoms with E-state index >= 15 is 0 Å². The van der Waals surface area contributed by atoms with Crippen LogP contribution in [-0.4, -0.2) is 35.6 Å². The van der Waals surface area contributed by atoms with E-state index in [2.05, 4.69) is 5.32 Å². The normalized spacial score (nSPS) is 14.1. The number of hydrogen-bond donors (Lipinski definition) is 1. The number of nitrogens with zero attached hydrogens (tertiary/aromatic N) is 1. The Kier molecular flexibility index (Phi) is 7.80. The molecule has 2 amide bonds. The number of halogens is 1. The van der Waals surface area contributed by atoms with Crippen LogP contribution in [0.5, 0.6) is 11.5 Å². The van der Waals surface area contributed by atoms with Gasteiger partial charge in [0.05, 0.1) is 0 Å². The molecule has 6 nitrogen and oxygen atoms in total. The number of fused-ring (bicyclic) bond motifs is 1. The fraction of sp³-hybridized carbons (Fsp3) is 0.417. The molecule has 7 heteroatoms. The van der Waals surface area contributed by atoms with Gasteiger partial charge in [0.25, 0.3) is 0 Å². The van der Waals surface area contributed by atoms with Crippen molar-refractivity contribution in [2.24, 2.45) is 0 Å². The molecular weight excluding hydrogens is 416 g/mol. The van der Waals surface area contributed by atoms with Gasteiger partial charge in [-0.1, -0.05) is 36.7 Å². The average Bonchev–Trinajstić information content (AvgIpc) is 3.23.